The SMILES string of the molecule is Cc1csc(C2(NC(=O)c3cccc4c3COC4)CCOCC2)n1. The molecule has 1 aromatic carbocycles. The van der Waals surface area contributed by atoms with Crippen molar-refractivity contribution in [1.29, 1.82) is 0 Å². The smallest absolute Gasteiger partial charge is 0.252 e. The molecule has 0 spiro atoms. The van der Waals surface area contributed by atoms with Crippen LogP contribution in [0.5, 0.6) is 0 Å². The normalized spacial score (nSPS) is 19.0. The average Bonchev–Trinajstić information content (AvgIpc) is 3.24. The quantitative estimate of drug-likeness (QED) is 0.930. The average molecular weight is 344 g/mol. The van der Waals surface area contributed by atoms with Gasteiger partial charge in [-0.1, -0.05) is 12.1 Å². The summed E-state index contributed by atoms with van der Waals surface area (Å²) in [7, 11) is 0. The van der Waals surface area contributed by atoms with E-state index in [2.05, 4.69) is 10.3 Å². The number of amides is 1. The van der Waals surface area contributed by atoms with Gasteiger partial charge in [-0.3, -0.25) is 4.79 Å². The Morgan fingerprint density at radius 3 is 2.83 bits per heavy atom. The molecule has 1 aromatic heterocycles. The van der Waals surface area contributed by atoms with Gasteiger partial charge in [-0.15, -0.1) is 11.3 Å². The van der Waals surface area contributed by atoms with Crippen molar-refractivity contribution < 1.29 is 14.3 Å². The summed E-state index contributed by atoms with van der Waals surface area (Å²) in [6.45, 7) is 4.34. The van der Waals surface area contributed by atoms with Gasteiger partial charge in [0.2, 0.25) is 0 Å². The molecule has 0 atom stereocenters. The monoisotopic (exact) mass is 344 g/mol. The first kappa shape index (κ1) is 15.7. The van der Waals surface area contributed by atoms with Gasteiger partial charge in [-0.25, -0.2) is 4.98 Å². The third-order valence-corrected chi connectivity index (χ3v) is 5.91. The van der Waals surface area contributed by atoms with Crippen LogP contribution in [0.3, 0.4) is 0 Å². The Hall–Kier alpha value is -1.76. The zero-order chi connectivity index (χ0) is 16.6. The summed E-state index contributed by atoms with van der Waals surface area (Å²) in [5, 5.41) is 6.29. The number of nitrogens with zero attached hydrogens (tertiary/aromatic N) is 1. The van der Waals surface area contributed by atoms with Gasteiger partial charge in [0.1, 0.15) is 5.01 Å². The third kappa shape index (κ3) is 2.75. The second-order valence-electron chi connectivity index (χ2n) is 6.38. The Morgan fingerprint density at radius 1 is 1.25 bits per heavy atom. The van der Waals surface area contributed by atoms with Crippen LogP contribution < -0.4 is 5.32 Å². The molecular weight excluding hydrogens is 324 g/mol. The van der Waals surface area contributed by atoms with Crippen molar-refractivity contribution >= 4 is 17.2 Å². The van der Waals surface area contributed by atoms with Gasteiger partial charge in [0, 0.05) is 42.7 Å². The van der Waals surface area contributed by atoms with Crippen molar-refractivity contribution in [3.8, 4) is 0 Å². The molecule has 0 aliphatic carbocycles. The number of rotatable bonds is 3. The molecule has 2 aliphatic heterocycles. The van der Waals surface area contributed by atoms with Gasteiger partial charge in [0.25, 0.3) is 5.91 Å². The van der Waals surface area contributed by atoms with E-state index in [1.54, 1.807) is 11.3 Å². The number of nitrogens with one attached hydrogen (secondary N) is 1. The highest BCUT2D eigenvalue weighted by Crippen LogP contribution is 2.35. The molecule has 0 saturated carbocycles. The van der Waals surface area contributed by atoms with Gasteiger partial charge in [-0.2, -0.15) is 0 Å². The van der Waals surface area contributed by atoms with Crippen LogP contribution in [0.25, 0.3) is 0 Å². The lowest BCUT2D eigenvalue weighted by Crippen LogP contribution is -2.49. The number of thiazole rings is 1. The van der Waals surface area contributed by atoms with Crippen LogP contribution in [0, 0.1) is 6.92 Å². The highest BCUT2D eigenvalue weighted by atomic mass is 32.1. The summed E-state index contributed by atoms with van der Waals surface area (Å²) >= 11 is 1.61. The molecule has 1 N–H and O–H groups in total. The Bertz CT molecular complexity index is 765. The maximum absolute atomic E-state index is 13.0. The largest absolute Gasteiger partial charge is 0.381 e. The fourth-order valence-corrected chi connectivity index (χ4v) is 4.40. The molecule has 4 rings (SSSR count). The topological polar surface area (TPSA) is 60.5 Å². The predicted octanol–water partition coefficient (Wildman–Crippen LogP) is 2.92. The van der Waals surface area contributed by atoms with E-state index in [-0.39, 0.29) is 5.91 Å². The molecule has 2 aromatic rings. The van der Waals surface area contributed by atoms with Crippen LogP contribution in [-0.2, 0) is 28.2 Å². The molecule has 0 unspecified atom stereocenters. The summed E-state index contributed by atoms with van der Waals surface area (Å²) in [6.07, 6.45) is 1.49. The van der Waals surface area contributed by atoms with Gasteiger partial charge in [0.05, 0.1) is 18.8 Å². The van der Waals surface area contributed by atoms with Crippen molar-refractivity contribution in [3.63, 3.8) is 0 Å². The standard InChI is InChI=1S/C18H20N2O3S/c1-12-11-24-17(19-12)18(5-7-22-8-6-18)20-16(21)14-4-2-3-13-9-23-10-15(13)14/h2-4,11H,5-10H2,1H3,(H,20,21). The van der Waals surface area contributed by atoms with Gasteiger partial charge < -0.3 is 14.8 Å². The number of carbonyl (C=O) groups excluding carboxylic acids is 1. The van der Waals surface area contributed by atoms with E-state index in [9.17, 15) is 4.79 Å². The highest BCUT2D eigenvalue weighted by molar-refractivity contribution is 7.09. The Balaban J connectivity index is 1.66. The Morgan fingerprint density at radius 2 is 2.08 bits per heavy atom. The molecule has 3 heterocycles. The molecule has 5 nitrogen and oxygen atoms in total. The Labute approximate surface area is 145 Å². The van der Waals surface area contributed by atoms with Crippen molar-refractivity contribution in [2.45, 2.75) is 38.5 Å². The lowest BCUT2D eigenvalue weighted by Gasteiger charge is -2.36. The molecule has 1 fully saturated rings. The first-order valence-corrected chi connectivity index (χ1v) is 9.07. The van der Waals surface area contributed by atoms with Gasteiger partial charge in [-0.05, 0) is 24.1 Å². The van der Waals surface area contributed by atoms with Crippen LogP contribution in [0.4, 0.5) is 0 Å². The molecule has 1 amide bonds. The van der Waals surface area contributed by atoms with Crippen molar-refractivity contribution in [2.75, 3.05) is 13.2 Å². The minimum Gasteiger partial charge on any atom is -0.381 e. The minimum atomic E-state index is -0.434. The molecule has 126 valence electrons. The number of fused-ring (bicyclic) bond motifs is 1. The van der Waals surface area contributed by atoms with Gasteiger partial charge >= 0.3 is 0 Å². The maximum Gasteiger partial charge on any atom is 0.252 e. The lowest BCUT2D eigenvalue weighted by molar-refractivity contribution is 0.0343. The van der Waals surface area contributed by atoms with Crippen molar-refractivity contribution in [3.05, 3.63) is 51.0 Å². The summed E-state index contributed by atoms with van der Waals surface area (Å²) in [6, 6.07) is 5.82. The molecule has 0 bridgehead atoms. The van der Waals surface area contributed by atoms with E-state index in [0.717, 1.165) is 34.7 Å². The summed E-state index contributed by atoms with van der Waals surface area (Å²) in [4.78, 5) is 17.7. The third-order valence-electron chi connectivity index (χ3n) is 4.75. The number of carbonyl (C=O) groups is 1. The number of aromatic nitrogens is 1. The van der Waals surface area contributed by atoms with E-state index < -0.39 is 5.54 Å². The second kappa shape index (κ2) is 6.27. The van der Waals surface area contributed by atoms with Crippen LogP contribution in [0.1, 0.15) is 45.0 Å². The van der Waals surface area contributed by atoms with Crippen LogP contribution in [-0.4, -0.2) is 24.1 Å². The van der Waals surface area contributed by atoms with Crippen LogP contribution in [0.15, 0.2) is 23.6 Å². The van der Waals surface area contributed by atoms with E-state index >= 15 is 0 Å². The van der Waals surface area contributed by atoms with Crippen LogP contribution >= 0.6 is 11.3 Å². The zero-order valence-electron chi connectivity index (χ0n) is 13.6. The first-order valence-electron chi connectivity index (χ1n) is 8.19. The molecule has 24 heavy (non-hydrogen) atoms. The summed E-state index contributed by atoms with van der Waals surface area (Å²) in [5.74, 6) is -0.0490. The number of aryl methyl sites for hydroxylation is 1. The van der Waals surface area contributed by atoms with E-state index in [0.29, 0.717) is 32.0 Å². The fraction of sp³-hybridized carbons (Fsp3) is 0.444. The molecular formula is C18H20N2O3S. The van der Waals surface area contributed by atoms with E-state index in [1.165, 1.54) is 0 Å². The molecule has 1 saturated heterocycles. The fourth-order valence-electron chi connectivity index (χ4n) is 3.39. The van der Waals surface area contributed by atoms with Crippen molar-refractivity contribution in [2.24, 2.45) is 0 Å². The summed E-state index contributed by atoms with van der Waals surface area (Å²) < 4.78 is 11.0. The highest BCUT2D eigenvalue weighted by Gasteiger charge is 2.39. The Kier molecular flexibility index (Phi) is 4.12. The number of ether oxygens (including phenoxy) is 2. The summed E-state index contributed by atoms with van der Waals surface area (Å²) in [5.41, 5.74) is 3.38. The zero-order valence-corrected chi connectivity index (χ0v) is 14.4. The lowest BCUT2D eigenvalue weighted by atomic mass is 9.89. The van der Waals surface area contributed by atoms with Crippen molar-refractivity contribution in [1.82, 2.24) is 10.3 Å². The second-order valence-corrected chi connectivity index (χ2v) is 7.24. The van der Waals surface area contributed by atoms with Crippen LogP contribution in [0.2, 0.25) is 0 Å². The number of hydrogen-bond acceptors (Lipinski definition) is 5. The van der Waals surface area contributed by atoms with Gasteiger partial charge in [0.15, 0.2) is 0 Å². The molecule has 6 heteroatoms. The van der Waals surface area contributed by atoms with E-state index in [1.807, 2.05) is 30.5 Å². The van der Waals surface area contributed by atoms with E-state index in [4.69, 9.17) is 9.47 Å². The first-order chi connectivity index (χ1) is 11.7. The maximum atomic E-state index is 13.0. The molecule has 0 radical (unpaired) electrons. The number of hydrogen-bond donors (Lipinski definition) is 1. The minimum absolute atomic E-state index is 0.0490. The number of benzene rings is 1. The predicted molar refractivity (Wildman–Crippen MR) is 91.0 cm³/mol. The molecule has 2 aliphatic rings.